The van der Waals surface area contributed by atoms with E-state index in [0.29, 0.717) is 16.9 Å². The van der Waals surface area contributed by atoms with Gasteiger partial charge in [0.05, 0.1) is 24.1 Å². The number of benzene rings is 1. The number of pyridine rings is 2. The van der Waals surface area contributed by atoms with Crippen LogP contribution in [-0.4, -0.2) is 20.3 Å². The van der Waals surface area contributed by atoms with Crippen LogP contribution in [0, 0.1) is 12.7 Å². The van der Waals surface area contributed by atoms with E-state index in [4.69, 9.17) is 0 Å². The zero-order valence-corrected chi connectivity index (χ0v) is 14.7. The largest absolute Gasteiger partial charge is 0.346 e. The van der Waals surface area contributed by atoms with E-state index < -0.39 is 5.82 Å². The Morgan fingerprint density at radius 3 is 2.67 bits per heavy atom. The van der Waals surface area contributed by atoms with Crippen LogP contribution >= 0.6 is 0 Å². The lowest BCUT2D eigenvalue weighted by Gasteiger charge is -2.10. The Bertz CT molecular complexity index is 1100. The number of hydrogen-bond acceptors (Lipinski definition) is 3. The molecule has 1 N–H and O–H groups in total. The molecule has 0 radical (unpaired) electrons. The second kappa shape index (κ2) is 6.99. The van der Waals surface area contributed by atoms with Gasteiger partial charge in [0.1, 0.15) is 11.5 Å². The Morgan fingerprint density at radius 2 is 1.93 bits per heavy atom. The van der Waals surface area contributed by atoms with Crippen molar-refractivity contribution in [1.29, 1.82) is 0 Å². The first-order valence-electron chi connectivity index (χ1n) is 8.53. The molecular weight excluding hydrogens is 343 g/mol. The minimum atomic E-state index is -0.405. The molecule has 0 unspecified atom stereocenters. The second-order valence-corrected chi connectivity index (χ2v) is 6.30. The third-order valence-corrected chi connectivity index (χ3v) is 4.33. The summed E-state index contributed by atoms with van der Waals surface area (Å²) in [5, 5.41) is 2.82. The van der Waals surface area contributed by atoms with Gasteiger partial charge in [-0.05, 0) is 36.8 Å². The van der Waals surface area contributed by atoms with Crippen LogP contribution in [0.5, 0.6) is 0 Å². The van der Waals surface area contributed by atoms with Gasteiger partial charge in [-0.15, -0.1) is 0 Å². The first-order valence-corrected chi connectivity index (χ1v) is 8.53. The van der Waals surface area contributed by atoms with Gasteiger partial charge in [0.25, 0.3) is 5.91 Å². The third-order valence-electron chi connectivity index (χ3n) is 4.33. The SMILES string of the molecule is Cc1ccc(-c2cc(C(=O)NCc3ccc(F)cn3)cc3nccn23)cc1. The molecule has 134 valence electrons. The predicted octanol–water partition coefficient (Wildman–Crippen LogP) is 3.77. The number of halogens is 1. The molecule has 0 fully saturated rings. The smallest absolute Gasteiger partial charge is 0.251 e. The number of carbonyl (C=O) groups excluding carboxylic acids is 1. The fourth-order valence-corrected chi connectivity index (χ4v) is 2.88. The maximum Gasteiger partial charge on any atom is 0.251 e. The lowest BCUT2D eigenvalue weighted by Crippen LogP contribution is -2.23. The van der Waals surface area contributed by atoms with E-state index in [-0.39, 0.29) is 12.5 Å². The number of rotatable bonds is 4. The molecule has 0 saturated heterocycles. The maximum atomic E-state index is 12.9. The summed E-state index contributed by atoms with van der Waals surface area (Å²) in [5.41, 5.74) is 4.84. The first-order chi connectivity index (χ1) is 13.1. The highest BCUT2D eigenvalue weighted by molar-refractivity contribution is 5.96. The summed E-state index contributed by atoms with van der Waals surface area (Å²) in [6, 6.07) is 14.6. The van der Waals surface area contributed by atoms with Gasteiger partial charge < -0.3 is 5.32 Å². The van der Waals surface area contributed by atoms with E-state index in [9.17, 15) is 9.18 Å². The number of amides is 1. The highest BCUT2D eigenvalue weighted by atomic mass is 19.1. The molecule has 0 bridgehead atoms. The van der Waals surface area contributed by atoms with Gasteiger partial charge in [0.15, 0.2) is 0 Å². The normalized spacial score (nSPS) is 10.9. The summed E-state index contributed by atoms with van der Waals surface area (Å²) < 4.78 is 14.9. The average Bonchev–Trinajstić information content (AvgIpc) is 3.16. The van der Waals surface area contributed by atoms with Crippen molar-refractivity contribution >= 4 is 11.6 Å². The third kappa shape index (κ3) is 3.55. The van der Waals surface area contributed by atoms with E-state index in [0.717, 1.165) is 17.5 Å². The van der Waals surface area contributed by atoms with Crippen molar-refractivity contribution in [2.24, 2.45) is 0 Å². The molecule has 6 heteroatoms. The molecule has 0 atom stereocenters. The summed E-state index contributed by atoms with van der Waals surface area (Å²) in [7, 11) is 0. The Kier molecular flexibility index (Phi) is 4.38. The summed E-state index contributed by atoms with van der Waals surface area (Å²) in [5.74, 6) is -0.641. The fraction of sp³-hybridized carbons (Fsp3) is 0.0952. The average molecular weight is 360 g/mol. The van der Waals surface area contributed by atoms with Gasteiger partial charge in [-0.25, -0.2) is 9.37 Å². The van der Waals surface area contributed by atoms with Crippen molar-refractivity contribution in [2.45, 2.75) is 13.5 Å². The van der Waals surface area contributed by atoms with Gasteiger partial charge in [-0.3, -0.25) is 14.2 Å². The summed E-state index contributed by atoms with van der Waals surface area (Å²) in [6.45, 7) is 2.25. The Balaban J connectivity index is 1.64. The minimum Gasteiger partial charge on any atom is -0.346 e. The maximum absolute atomic E-state index is 12.9. The second-order valence-electron chi connectivity index (χ2n) is 6.30. The summed E-state index contributed by atoms with van der Waals surface area (Å²) >= 11 is 0. The highest BCUT2D eigenvalue weighted by Crippen LogP contribution is 2.23. The van der Waals surface area contributed by atoms with E-state index in [2.05, 4.69) is 15.3 Å². The van der Waals surface area contributed by atoms with Crippen LogP contribution in [0.4, 0.5) is 4.39 Å². The predicted molar refractivity (Wildman–Crippen MR) is 101 cm³/mol. The van der Waals surface area contributed by atoms with E-state index >= 15 is 0 Å². The van der Waals surface area contributed by atoms with Gasteiger partial charge in [0.2, 0.25) is 0 Å². The zero-order valence-electron chi connectivity index (χ0n) is 14.7. The number of aromatic nitrogens is 3. The van der Waals surface area contributed by atoms with Crippen molar-refractivity contribution in [2.75, 3.05) is 0 Å². The van der Waals surface area contributed by atoms with Gasteiger partial charge in [0, 0.05) is 18.0 Å². The number of imidazole rings is 1. The molecule has 0 aliphatic rings. The molecule has 1 aromatic carbocycles. The topological polar surface area (TPSA) is 59.3 Å². The quantitative estimate of drug-likeness (QED) is 0.603. The van der Waals surface area contributed by atoms with Crippen molar-refractivity contribution < 1.29 is 9.18 Å². The summed E-state index contributed by atoms with van der Waals surface area (Å²) in [6.07, 6.45) is 4.71. The Hall–Kier alpha value is -3.54. The van der Waals surface area contributed by atoms with E-state index in [1.54, 1.807) is 18.3 Å². The number of carbonyl (C=O) groups is 1. The Morgan fingerprint density at radius 1 is 1.11 bits per heavy atom. The van der Waals surface area contributed by atoms with Crippen LogP contribution in [0.15, 0.2) is 67.1 Å². The van der Waals surface area contributed by atoms with Crippen LogP contribution < -0.4 is 5.32 Å². The zero-order chi connectivity index (χ0) is 18.8. The van der Waals surface area contributed by atoms with E-state index in [1.807, 2.05) is 47.9 Å². The molecule has 4 aromatic rings. The number of aryl methyl sites for hydroxylation is 1. The van der Waals surface area contributed by atoms with Crippen molar-refractivity contribution in [1.82, 2.24) is 19.7 Å². The lowest BCUT2D eigenvalue weighted by molar-refractivity contribution is 0.0950. The molecule has 0 aliphatic carbocycles. The van der Waals surface area contributed by atoms with Crippen molar-refractivity contribution in [3.8, 4) is 11.3 Å². The highest BCUT2D eigenvalue weighted by Gasteiger charge is 2.12. The Labute approximate surface area is 155 Å². The molecular formula is C21H17FN4O. The van der Waals surface area contributed by atoms with Gasteiger partial charge in [-0.2, -0.15) is 0 Å². The number of nitrogens with one attached hydrogen (secondary N) is 1. The van der Waals surface area contributed by atoms with Crippen LogP contribution in [-0.2, 0) is 6.54 Å². The van der Waals surface area contributed by atoms with Gasteiger partial charge >= 0.3 is 0 Å². The molecule has 1 amide bonds. The molecule has 3 heterocycles. The summed E-state index contributed by atoms with van der Waals surface area (Å²) in [4.78, 5) is 20.9. The fourth-order valence-electron chi connectivity index (χ4n) is 2.88. The van der Waals surface area contributed by atoms with Crippen LogP contribution in [0.25, 0.3) is 16.9 Å². The molecule has 5 nitrogen and oxygen atoms in total. The first kappa shape index (κ1) is 16.9. The molecule has 0 spiro atoms. The van der Waals surface area contributed by atoms with Crippen molar-refractivity contribution in [3.05, 3.63) is 89.8 Å². The molecule has 4 rings (SSSR count). The number of hydrogen-bond donors (Lipinski definition) is 1. The molecule has 0 aliphatic heterocycles. The minimum absolute atomic E-state index is 0.221. The molecule has 27 heavy (non-hydrogen) atoms. The van der Waals surface area contributed by atoms with Crippen LogP contribution in [0.2, 0.25) is 0 Å². The van der Waals surface area contributed by atoms with Crippen LogP contribution in [0.3, 0.4) is 0 Å². The molecule has 3 aromatic heterocycles. The van der Waals surface area contributed by atoms with Crippen molar-refractivity contribution in [3.63, 3.8) is 0 Å². The van der Waals surface area contributed by atoms with E-state index in [1.165, 1.54) is 11.6 Å². The monoisotopic (exact) mass is 360 g/mol. The van der Waals surface area contributed by atoms with Gasteiger partial charge in [-0.1, -0.05) is 29.8 Å². The van der Waals surface area contributed by atoms with Crippen LogP contribution in [0.1, 0.15) is 21.6 Å². The lowest BCUT2D eigenvalue weighted by atomic mass is 10.1. The molecule has 0 saturated carbocycles. The number of fused-ring (bicyclic) bond motifs is 1. The standard InChI is InChI=1S/C21H17FN4O/c1-14-2-4-15(5-3-14)19-10-16(11-20-23-8-9-26(19)20)21(27)25-13-18-7-6-17(22)12-24-18/h2-12H,13H2,1H3,(H,25,27). The number of nitrogens with zero attached hydrogens (tertiary/aromatic N) is 3.